The van der Waals surface area contributed by atoms with Gasteiger partial charge in [0.1, 0.15) is 0 Å². The molecule has 1 aromatic carbocycles. The first-order valence-corrected chi connectivity index (χ1v) is 7.56. The average molecular weight is 305 g/mol. The van der Waals surface area contributed by atoms with E-state index in [2.05, 4.69) is 43.4 Å². The van der Waals surface area contributed by atoms with Crippen molar-refractivity contribution in [2.45, 2.75) is 38.1 Å². The van der Waals surface area contributed by atoms with Gasteiger partial charge in [-0.2, -0.15) is 0 Å². The molecule has 0 aliphatic heterocycles. The number of hydrogen-bond acceptors (Lipinski definition) is 3. The molecule has 5 heteroatoms. The lowest BCUT2D eigenvalue weighted by atomic mass is 10.00. The van der Waals surface area contributed by atoms with E-state index in [4.69, 9.17) is 9.84 Å². The van der Waals surface area contributed by atoms with Crippen molar-refractivity contribution in [2.75, 3.05) is 13.7 Å². The fourth-order valence-electron chi connectivity index (χ4n) is 2.60. The number of carboxylic acids is 1. The highest BCUT2D eigenvalue weighted by Crippen LogP contribution is 2.47. The molecule has 3 unspecified atom stereocenters. The Bertz CT molecular complexity index is 538. The summed E-state index contributed by atoms with van der Waals surface area (Å²) in [6.07, 6.45) is 0.770. The molecule has 0 heterocycles. The third-order valence-electron chi connectivity index (χ3n) is 4.11. The number of benzene rings is 1. The number of carbonyl (C=O) groups excluding carboxylic acids is 1. The van der Waals surface area contributed by atoms with Gasteiger partial charge in [0, 0.05) is 13.0 Å². The molecular formula is C17H23NO4. The molecule has 2 rings (SSSR count). The van der Waals surface area contributed by atoms with Crippen molar-refractivity contribution in [1.82, 2.24) is 5.32 Å². The molecular weight excluding hydrogens is 282 g/mol. The van der Waals surface area contributed by atoms with E-state index in [1.165, 1.54) is 12.7 Å². The number of methoxy groups -OCH3 is 1. The van der Waals surface area contributed by atoms with Crippen molar-refractivity contribution >= 4 is 11.9 Å². The molecule has 1 aliphatic carbocycles. The van der Waals surface area contributed by atoms with Crippen molar-refractivity contribution in [2.24, 2.45) is 5.92 Å². The van der Waals surface area contributed by atoms with Gasteiger partial charge in [-0.05, 0) is 29.4 Å². The largest absolute Gasteiger partial charge is 0.480 e. The Morgan fingerprint density at radius 2 is 1.95 bits per heavy atom. The summed E-state index contributed by atoms with van der Waals surface area (Å²) in [7, 11) is 1.41. The molecule has 1 amide bonds. The molecule has 120 valence electrons. The molecule has 2 N–H and O–H groups in total. The van der Waals surface area contributed by atoms with Gasteiger partial charge in [0.15, 0.2) is 6.04 Å². The Balaban J connectivity index is 1.93. The van der Waals surface area contributed by atoms with Gasteiger partial charge >= 0.3 is 5.97 Å². The van der Waals surface area contributed by atoms with E-state index in [-0.39, 0.29) is 24.3 Å². The molecule has 0 radical (unpaired) electrons. The maximum Gasteiger partial charge on any atom is 0.328 e. The van der Waals surface area contributed by atoms with Crippen LogP contribution in [-0.4, -0.2) is 36.7 Å². The summed E-state index contributed by atoms with van der Waals surface area (Å²) in [4.78, 5) is 23.1. The number of hydrogen-bond donors (Lipinski definition) is 2. The van der Waals surface area contributed by atoms with Gasteiger partial charge in [0.2, 0.25) is 5.91 Å². The van der Waals surface area contributed by atoms with Gasteiger partial charge in [-0.25, -0.2) is 4.79 Å². The second kappa shape index (κ2) is 6.92. The minimum atomic E-state index is -1.08. The smallest absolute Gasteiger partial charge is 0.328 e. The van der Waals surface area contributed by atoms with E-state index in [1.807, 2.05) is 0 Å². The predicted octanol–water partition coefficient (Wildman–Crippen LogP) is 2.13. The van der Waals surface area contributed by atoms with Gasteiger partial charge in [-0.15, -0.1) is 0 Å². The maximum atomic E-state index is 12.1. The van der Waals surface area contributed by atoms with E-state index in [9.17, 15) is 9.59 Å². The van der Waals surface area contributed by atoms with Crippen LogP contribution in [0.1, 0.15) is 43.2 Å². The SMILES string of the molecule is COCC(NC(=O)C1CC1c1ccc(C(C)C)cc1)C(=O)O. The second-order valence-electron chi connectivity index (χ2n) is 6.12. The molecule has 1 aromatic rings. The van der Waals surface area contributed by atoms with Gasteiger partial charge < -0.3 is 15.2 Å². The van der Waals surface area contributed by atoms with Crippen molar-refractivity contribution in [1.29, 1.82) is 0 Å². The molecule has 0 saturated heterocycles. The summed E-state index contributed by atoms with van der Waals surface area (Å²) in [6, 6.07) is 7.34. The first-order chi connectivity index (χ1) is 10.4. The summed E-state index contributed by atoms with van der Waals surface area (Å²) >= 11 is 0. The molecule has 1 aliphatic rings. The lowest BCUT2D eigenvalue weighted by molar-refractivity contribution is -0.143. The summed E-state index contributed by atoms with van der Waals surface area (Å²) < 4.78 is 4.82. The van der Waals surface area contributed by atoms with E-state index in [0.717, 1.165) is 12.0 Å². The zero-order valence-corrected chi connectivity index (χ0v) is 13.2. The fourth-order valence-corrected chi connectivity index (χ4v) is 2.60. The van der Waals surface area contributed by atoms with E-state index in [1.54, 1.807) is 0 Å². The highest BCUT2D eigenvalue weighted by Gasteiger charge is 2.44. The first-order valence-electron chi connectivity index (χ1n) is 7.56. The molecule has 0 bridgehead atoms. The molecule has 22 heavy (non-hydrogen) atoms. The zero-order chi connectivity index (χ0) is 16.3. The Morgan fingerprint density at radius 3 is 2.45 bits per heavy atom. The quantitative estimate of drug-likeness (QED) is 0.809. The van der Waals surface area contributed by atoms with Crippen molar-refractivity contribution in [3.8, 4) is 0 Å². The molecule has 3 atom stereocenters. The lowest BCUT2D eigenvalue weighted by Crippen LogP contribution is -2.44. The van der Waals surface area contributed by atoms with Crippen LogP contribution >= 0.6 is 0 Å². The third kappa shape index (κ3) is 3.85. The van der Waals surface area contributed by atoms with Crippen LogP contribution in [0.4, 0.5) is 0 Å². The Morgan fingerprint density at radius 1 is 1.32 bits per heavy atom. The second-order valence-corrected chi connectivity index (χ2v) is 6.12. The van der Waals surface area contributed by atoms with Crippen molar-refractivity contribution < 1.29 is 19.4 Å². The van der Waals surface area contributed by atoms with Crippen LogP contribution in [0.25, 0.3) is 0 Å². The van der Waals surface area contributed by atoms with Crippen LogP contribution in [0.5, 0.6) is 0 Å². The van der Waals surface area contributed by atoms with Gasteiger partial charge in [0.05, 0.1) is 6.61 Å². The van der Waals surface area contributed by atoms with E-state index < -0.39 is 12.0 Å². The molecule has 1 saturated carbocycles. The third-order valence-corrected chi connectivity index (χ3v) is 4.11. The van der Waals surface area contributed by atoms with Crippen LogP contribution in [0.2, 0.25) is 0 Å². The van der Waals surface area contributed by atoms with E-state index >= 15 is 0 Å². The molecule has 0 aromatic heterocycles. The minimum Gasteiger partial charge on any atom is -0.480 e. The average Bonchev–Trinajstić information content (AvgIpc) is 3.27. The van der Waals surface area contributed by atoms with Gasteiger partial charge in [0.25, 0.3) is 0 Å². The number of nitrogens with one attached hydrogen (secondary N) is 1. The van der Waals surface area contributed by atoms with Crippen LogP contribution < -0.4 is 5.32 Å². The van der Waals surface area contributed by atoms with Crippen molar-refractivity contribution in [3.05, 3.63) is 35.4 Å². The first kappa shape index (κ1) is 16.5. The van der Waals surface area contributed by atoms with Crippen LogP contribution in [0.15, 0.2) is 24.3 Å². The topological polar surface area (TPSA) is 75.6 Å². The number of amides is 1. The van der Waals surface area contributed by atoms with Gasteiger partial charge in [-0.3, -0.25) is 4.79 Å². The van der Waals surface area contributed by atoms with E-state index in [0.29, 0.717) is 5.92 Å². The normalized spacial score (nSPS) is 21.5. The molecule has 5 nitrogen and oxygen atoms in total. The maximum absolute atomic E-state index is 12.1. The monoisotopic (exact) mass is 305 g/mol. The number of carbonyl (C=O) groups is 2. The number of aliphatic carboxylic acids is 1. The fraction of sp³-hybridized carbons (Fsp3) is 0.529. The summed E-state index contributed by atoms with van der Waals surface area (Å²) in [6.45, 7) is 4.26. The molecule has 1 fully saturated rings. The van der Waals surface area contributed by atoms with Crippen LogP contribution in [-0.2, 0) is 14.3 Å². The highest BCUT2D eigenvalue weighted by atomic mass is 16.5. The standard InChI is InChI=1S/C17H23NO4/c1-10(2)11-4-6-12(7-5-11)13-8-14(13)16(19)18-15(9-22-3)17(20)21/h4-7,10,13-15H,8-9H2,1-3H3,(H,18,19)(H,20,21). The minimum absolute atomic E-state index is 0.0262. The number of ether oxygens (including phenoxy) is 1. The number of rotatable bonds is 7. The Kier molecular flexibility index (Phi) is 5.19. The van der Waals surface area contributed by atoms with Crippen LogP contribution in [0.3, 0.4) is 0 Å². The number of carboxylic acid groups (broad SMARTS) is 1. The van der Waals surface area contributed by atoms with Crippen LogP contribution in [0, 0.1) is 5.92 Å². The predicted molar refractivity (Wildman–Crippen MR) is 82.8 cm³/mol. The lowest BCUT2D eigenvalue weighted by Gasteiger charge is -2.13. The Labute approximate surface area is 130 Å². The van der Waals surface area contributed by atoms with Gasteiger partial charge in [-0.1, -0.05) is 38.1 Å². The van der Waals surface area contributed by atoms with Crippen molar-refractivity contribution in [3.63, 3.8) is 0 Å². The summed E-state index contributed by atoms with van der Waals surface area (Å²) in [5.74, 6) is -0.740. The summed E-state index contributed by atoms with van der Waals surface area (Å²) in [5, 5.41) is 11.6. The Hall–Kier alpha value is -1.88. The summed E-state index contributed by atoms with van der Waals surface area (Å²) in [5.41, 5.74) is 2.42. The highest BCUT2D eigenvalue weighted by molar-refractivity contribution is 5.87. The molecule has 0 spiro atoms. The zero-order valence-electron chi connectivity index (χ0n) is 13.2.